The van der Waals surface area contributed by atoms with E-state index in [9.17, 15) is 4.79 Å². The Morgan fingerprint density at radius 1 is 1.59 bits per heavy atom. The van der Waals surface area contributed by atoms with Crippen molar-refractivity contribution >= 4 is 12.1 Å². The molecule has 92 valence electrons. The van der Waals surface area contributed by atoms with Gasteiger partial charge in [-0.2, -0.15) is 0 Å². The van der Waals surface area contributed by atoms with Crippen LogP contribution in [0.2, 0.25) is 0 Å². The van der Waals surface area contributed by atoms with Gasteiger partial charge in [0.15, 0.2) is 6.29 Å². The lowest BCUT2D eigenvalue weighted by Gasteiger charge is -2.24. The molecule has 1 aliphatic carbocycles. The largest absolute Gasteiger partial charge is 0.383 e. The zero-order valence-electron chi connectivity index (χ0n) is 10.3. The van der Waals surface area contributed by atoms with Crippen LogP contribution in [0.4, 0.5) is 5.82 Å². The van der Waals surface area contributed by atoms with Crippen molar-refractivity contribution in [2.24, 2.45) is 0 Å². The van der Waals surface area contributed by atoms with Gasteiger partial charge in [-0.3, -0.25) is 4.79 Å². The van der Waals surface area contributed by atoms with Gasteiger partial charge in [0.1, 0.15) is 5.82 Å². The molecule has 4 nitrogen and oxygen atoms in total. The molecule has 0 bridgehead atoms. The van der Waals surface area contributed by atoms with E-state index in [4.69, 9.17) is 4.74 Å². The highest BCUT2D eigenvalue weighted by molar-refractivity contribution is 5.75. The van der Waals surface area contributed by atoms with E-state index in [1.165, 1.54) is 12.8 Å². The predicted octanol–water partition coefficient (Wildman–Crippen LogP) is 1.82. The Labute approximate surface area is 102 Å². The SMILES string of the molecule is COCCN(c1ncc(C=O)cc1C)C1CC1. The maximum absolute atomic E-state index is 10.7. The first kappa shape index (κ1) is 12.0. The lowest BCUT2D eigenvalue weighted by Crippen LogP contribution is -2.30. The lowest BCUT2D eigenvalue weighted by molar-refractivity contribution is 0.112. The van der Waals surface area contributed by atoms with Crippen LogP contribution in [-0.4, -0.2) is 37.6 Å². The maximum atomic E-state index is 10.7. The summed E-state index contributed by atoms with van der Waals surface area (Å²) in [6, 6.07) is 2.48. The van der Waals surface area contributed by atoms with Crippen LogP contribution in [0, 0.1) is 6.92 Å². The number of aldehydes is 1. The van der Waals surface area contributed by atoms with Crippen LogP contribution in [0.25, 0.3) is 0 Å². The monoisotopic (exact) mass is 234 g/mol. The van der Waals surface area contributed by atoms with Crippen molar-refractivity contribution in [1.29, 1.82) is 0 Å². The van der Waals surface area contributed by atoms with E-state index in [2.05, 4.69) is 9.88 Å². The average Bonchev–Trinajstić information content (AvgIpc) is 3.15. The first-order chi connectivity index (χ1) is 8.26. The van der Waals surface area contributed by atoms with Crippen molar-refractivity contribution in [1.82, 2.24) is 4.98 Å². The minimum atomic E-state index is 0.596. The Balaban J connectivity index is 2.19. The number of hydrogen-bond acceptors (Lipinski definition) is 4. The smallest absolute Gasteiger partial charge is 0.151 e. The quantitative estimate of drug-likeness (QED) is 0.704. The third-order valence-corrected chi connectivity index (χ3v) is 3.00. The van der Waals surface area contributed by atoms with E-state index < -0.39 is 0 Å². The number of ether oxygens (including phenoxy) is 1. The molecule has 0 aromatic carbocycles. The fourth-order valence-electron chi connectivity index (χ4n) is 1.99. The Morgan fingerprint density at radius 3 is 2.88 bits per heavy atom. The van der Waals surface area contributed by atoms with Gasteiger partial charge in [-0.15, -0.1) is 0 Å². The molecule has 4 heteroatoms. The third-order valence-electron chi connectivity index (χ3n) is 3.00. The van der Waals surface area contributed by atoms with Crippen molar-refractivity contribution in [3.05, 3.63) is 23.4 Å². The molecule has 2 rings (SSSR count). The summed E-state index contributed by atoms with van der Waals surface area (Å²) >= 11 is 0. The van der Waals surface area contributed by atoms with Gasteiger partial charge >= 0.3 is 0 Å². The topological polar surface area (TPSA) is 42.4 Å². The highest BCUT2D eigenvalue weighted by Gasteiger charge is 2.30. The van der Waals surface area contributed by atoms with Gasteiger partial charge in [0.25, 0.3) is 0 Å². The molecule has 17 heavy (non-hydrogen) atoms. The Morgan fingerprint density at radius 2 is 2.35 bits per heavy atom. The normalized spacial score (nSPS) is 14.7. The molecule has 1 fully saturated rings. The number of hydrogen-bond donors (Lipinski definition) is 0. The van der Waals surface area contributed by atoms with Crippen LogP contribution in [-0.2, 0) is 4.74 Å². The van der Waals surface area contributed by atoms with Gasteiger partial charge < -0.3 is 9.64 Å². The molecular weight excluding hydrogens is 216 g/mol. The number of rotatable bonds is 6. The molecule has 1 saturated carbocycles. The van der Waals surface area contributed by atoms with E-state index in [1.807, 2.05) is 13.0 Å². The van der Waals surface area contributed by atoms with Crippen molar-refractivity contribution in [2.45, 2.75) is 25.8 Å². The molecule has 0 saturated heterocycles. The molecule has 0 spiro atoms. The summed E-state index contributed by atoms with van der Waals surface area (Å²) < 4.78 is 5.13. The second-order valence-corrected chi connectivity index (χ2v) is 4.44. The number of carbonyl (C=O) groups excluding carboxylic acids is 1. The molecule has 0 unspecified atom stereocenters. The number of aromatic nitrogens is 1. The molecule has 0 aliphatic heterocycles. The lowest BCUT2D eigenvalue weighted by atomic mass is 10.2. The van der Waals surface area contributed by atoms with Crippen molar-refractivity contribution in [3.8, 4) is 0 Å². The Hall–Kier alpha value is -1.42. The molecule has 1 aromatic rings. The maximum Gasteiger partial charge on any atom is 0.151 e. The first-order valence-corrected chi connectivity index (χ1v) is 5.93. The summed E-state index contributed by atoms with van der Waals surface area (Å²) in [6.07, 6.45) is 4.92. The average molecular weight is 234 g/mol. The number of pyridine rings is 1. The third kappa shape index (κ3) is 2.82. The van der Waals surface area contributed by atoms with E-state index in [-0.39, 0.29) is 0 Å². The van der Waals surface area contributed by atoms with Crippen molar-refractivity contribution < 1.29 is 9.53 Å². The van der Waals surface area contributed by atoms with Crippen LogP contribution >= 0.6 is 0 Å². The number of nitrogens with zero attached hydrogens (tertiary/aromatic N) is 2. The first-order valence-electron chi connectivity index (χ1n) is 5.93. The van der Waals surface area contributed by atoms with Gasteiger partial charge in [-0.1, -0.05) is 0 Å². The van der Waals surface area contributed by atoms with Crippen LogP contribution in [0.3, 0.4) is 0 Å². The van der Waals surface area contributed by atoms with Crippen LogP contribution in [0.1, 0.15) is 28.8 Å². The second kappa shape index (κ2) is 5.27. The fourth-order valence-corrected chi connectivity index (χ4v) is 1.99. The zero-order chi connectivity index (χ0) is 12.3. The van der Waals surface area contributed by atoms with Crippen molar-refractivity contribution in [3.63, 3.8) is 0 Å². The van der Waals surface area contributed by atoms with E-state index in [0.29, 0.717) is 18.2 Å². The van der Waals surface area contributed by atoms with Gasteiger partial charge in [0, 0.05) is 31.5 Å². The summed E-state index contributed by atoms with van der Waals surface area (Å²) in [7, 11) is 1.71. The molecule has 1 aromatic heterocycles. The fraction of sp³-hybridized carbons (Fsp3) is 0.538. The van der Waals surface area contributed by atoms with Gasteiger partial charge in [0.2, 0.25) is 0 Å². The van der Waals surface area contributed by atoms with Gasteiger partial charge in [-0.05, 0) is 31.4 Å². The summed E-state index contributed by atoms with van der Waals surface area (Å²) in [6.45, 7) is 3.56. The molecular formula is C13H18N2O2. The van der Waals surface area contributed by atoms with E-state index in [0.717, 1.165) is 24.2 Å². The number of aryl methyl sites for hydroxylation is 1. The summed E-state index contributed by atoms with van der Waals surface area (Å²) in [5, 5.41) is 0. The Kier molecular flexibility index (Phi) is 3.74. The molecule has 1 heterocycles. The summed E-state index contributed by atoms with van der Waals surface area (Å²) in [4.78, 5) is 17.4. The van der Waals surface area contributed by atoms with Crippen LogP contribution in [0.15, 0.2) is 12.3 Å². The van der Waals surface area contributed by atoms with E-state index >= 15 is 0 Å². The predicted molar refractivity (Wildman–Crippen MR) is 66.6 cm³/mol. The minimum Gasteiger partial charge on any atom is -0.383 e. The zero-order valence-corrected chi connectivity index (χ0v) is 10.3. The molecule has 0 atom stereocenters. The summed E-state index contributed by atoms with van der Waals surface area (Å²) in [5.41, 5.74) is 1.69. The number of methoxy groups -OCH3 is 1. The molecule has 1 aliphatic rings. The van der Waals surface area contributed by atoms with Crippen LogP contribution < -0.4 is 4.90 Å². The summed E-state index contributed by atoms with van der Waals surface area (Å²) in [5.74, 6) is 0.982. The van der Waals surface area contributed by atoms with Gasteiger partial charge in [-0.25, -0.2) is 4.98 Å². The highest BCUT2D eigenvalue weighted by atomic mass is 16.5. The van der Waals surface area contributed by atoms with Gasteiger partial charge in [0.05, 0.1) is 6.61 Å². The number of carbonyl (C=O) groups is 1. The molecule has 0 radical (unpaired) electrons. The molecule has 0 N–H and O–H groups in total. The standard InChI is InChI=1S/C13H18N2O2/c1-10-7-11(9-16)8-14-13(10)15(5-6-17-2)12-3-4-12/h7-9,12H,3-6H2,1-2H3. The Bertz CT molecular complexity index is 402. The van der Waals surface area contributed by atoms with E-state index in [1.54, 1.807) is 13.3 Å². The highest BCUT2D eigenvalue weighted by Crippen LogP contribution is 2.31. The van der Waals surface area contributed by atoms with Crippen LogP contribution in [0.5, 0.6) is 0 Å². The second-order valence-electron chi connectivity index (χ2n) is 4.44. The number of anilines is 1. The van der Waals surface area contributed by atoms with Crippen molar-refractivity contribution in [2.75, 3.05) is 25.2 Å². The minimum absolute atomic E-state index is 0.596. The molecule has 0 amide bonds.